The molecule has 0 spiro atoms. The van der Waals surface area contributed by atoms with Gasteiger partial charge in [0, 0.05) is 16.7 Å². The highest BCUT2D eigenvalue weighted by molar-refractivity contribution is 7.39. The van der Waals surface area contributed by atoms with E-state index in [1.54, 1.807) is 0 Å². The van der Waals surface area contributed by atoms with Crippen molar-refractivity contribution in [1.29, 1.82) is 0 Å². The van der Waals surface area contributed by atoms with Crippen LogP contribution in [0, 0.1) is 33.6 Å². The quantitative estimate of drug-likeness (QED) is 0.118. The van der Waals surface area contributed by atoms with E-state index in [-0.39, 0.29) is 30.0 Å². The summed E-state index contributed by atoms with van der Waals surface area (Å²) in [4.78, 5) is 45.6. The predicted octanol–water partition coefficient (Wildman–Crippen LogP) is 18.2. The first-order chi connectivity index (χ1) is 34.0. The van der Waals surface area contributed by atoms with Crippen LogP contribution in [-0.4, -0.2) is 32.8 Å². The molecule has 4 aromatic carbocycles. The maximum absolute atomic E-state index is 11.7. The number of hydrogen-bond acceptors (Lipinski definition) is 6. The number of aryl methyl sites for hydroxylation is 4. The maximum Gasteiger partial charge on any atom is 0.327 e. The fourth-order valence-corrected chi connectivity index (χ4v) is 14.2. The molecule has 0 aliphatic heterocycles. The molecule has 3 atom stereocenters. The standard InChI is InChI=1S/C68H106O6P2/c1-41-31-46(59(5,6)7)54(47(32-41)60(8,9)10)55-45(39-73-75(69)70)29-30-67(40-74-76(71)72,56-48(61(11,12)13)33-42(2)34-49(56)62(14,15)16)68(55,57-50(63(17,18)19)35-43(3)36-51(57)64(20,21)22)58-52(65(23,24)25)37-44(4)38-53(58)66(26,27)28/h31-38,45,55,69-72H,29-30,39-40H2,1-28H3. The molecule has 5 rings (SSSR count). The molecule has 0 radical (unpaired) electrons. The van der Waals surface area contributed by atoms with Crippen LogP contribution in [0.1, 0.15) is 274 Å². The van der Waals surface area contributed by atoms with E-state index in [9.17, 15) is 19.6 Å². The summed E-state index contributed by atoms with van der Waals surface area (Å²) in [7, 11) is -5.62. The summed E-state index contributed by atoms with van der Waals surface area (Å²) in [6, 6.07) is 19.6. The average molecular weight is 1080 g/mol. The molecule has 0 bridgehead atoms. The van der Waals surface area contributed by atoms with E-state index < -0.39 is 66.4 Å². The van der Waals surface area contributed by atoms with Gasteiger partial charge in [-0.1, -0.05) is 237 Å². The number of hydrogen-bond donors (Lipinski definition) is 4. The smallest absolute Gasteiger partial charge is 0.327 e. The van der Waals surface area contributed by atoms with Crippen molar-refractivity contribution in [2.45, 2.75) is 267 Å². The van der Waals surface area contributed by atoms with Gasteiger partial charge in [-0.05, 0) is 157 Å². The Morgan fingerprint density at radius 3 is 0.895 bits per heavy atom. The lowest BCUT2D eigenvalue weighted by atomic mass is 9.37. The first-order valence-electron chi connectivity index (χ1n) is 28.3. The second kappa shape index (κ2) is 21.4. The fourth-order valence-electron chi connectivity index (χ4n) is 13.6. The van der Waals surface area contributed by atoms with Crippen LogP contribution in [0.15, 0.2) is 48.5 Å². The van der Waals surface area contributed by atoms with Gasteiger partial charge in [0.1, 0.15) is 0 Å². The van der Waals surface area contributed by atoms with Crippen LogP contribution in [-0.2, 0) is 63.2 Å². The van der Waals surface area contributed by atoms with Crippen LogP contribution in [0.3, 0.4) is 0 Å². The van der Waals surface area contributed by atoms with E-state index in [2.05, 4.69) is 242 Å². The number of benzene rings is 4. The summed E-state index contributed by atoms with van der Waals surface area (Å²) in [5.74, 6) is -0.776. The lowest BCUT2D eigenvalue weighted by Crippen LogP contribution is -2.64. The summed E-state index contributed by atoms with van der Waals surface area (Å²) in [6.07, 6.45) is 1.16. The van der Waals surface area contributed by atoms with Crippen molar-refractivity contribution in [2.75, 3.05) is 13.2 Å². The normalized spacial score (nSPS) is 19.6. The molecule has 3 unspecified atom stereocenters. The maximum atomic E-state index is 11.7. The molecule has 424 valence electrons. The molecule has 1 aliphatic carbocycles. The third kappa shape index (κ3) is 12.7. The largest absolute Gasteiger partial charge is 0.328 e. The lowest BCUT2D eigenvalue weighted by molar-refractivity contribution is 0.0241. The van der Waals surface area contributed by atoms with E-state index in [0.29, 0.717) is 12.8 Å². The molecule has 0 aromatic heterocycles. The molecule has 0 heterocycles. The molecule has 8 heteroatoms. The Labute approximate surface area is 467 Å². The molecule has 1 fully saturated rings. The summed E-state index contributed by atoms with van der Waals surface area (Å²) in [5, 5.41) is 0. The highest BCUT2D eigenvalue weighted by Crippen LogP contribution is 2.72. The Bertz CT molecular complexity index is 2520. The molecule has 4 N–H and O–H groups in total. The molecular formula is C68H106O6P2. The monoisotopic (exact) mass is 1080 g/mol. The van der Waals surface area contributed by atoms with Gasteiger partial charge in [0.2, 0.25) is 0 Å². The highest BCUT2D eigenvalue weighted by Gasteiger charge is 2.69. The van der Waals surface area contributed by atoms with E-state index in [4.69, 9.17) is 9.05 Å². The summed E-state index contributed by atoms with van der Waals surface area (Å²) >= 11 is 0. The number of rotatable bonds is 10. The first kappa shape index (κ1) is 64.3. The van der Waals surface area contributed by atoms with Crippen molar-refractivity contribution in [3.05, 3.63) is 138 Å². The zero-order chi connectivity index (χ0) is 58.4. The Balaban J connectivity index is 2.67. The molecule has 1 saturated carbocycles. The zero-order valence-corrected chi connectivity index (χ0v) is 54.9. The van der Waals surface area contributed by atoms with Gasteiger partial charge in [-0.2, -0.15) is 0 Å². The van der Waals surface area contributed by atoms with Crippen LogP contribution >= 0.6 is 17.2 Å². The minimum Gasteiger partial charge on any atom is -0.328 e. The van der Waals surface area contributed by atoms with Crippen LogP contribution in [0.25, 0.3) is 0 Å². The fraction of sp³-hybridized carbons (Fsp3) is 0.647. The average Bonchev–Trinajstić information content (AvgIpc) is 3.21. The van der Waals surface area contributed by atoms with E-state index >= 15 is 0 Å². The lowest BCUT2D eigenvalue weighted by Gasteiger charge is -2.66. The van der Waals surface area contributed by atoms with Gasteiger partial charge in [0.05, 0.1) is 13.2 Å². The Hall–Kier alpha value is -2.50. The summed E-state index contributed by atoms with van der Waals surface area (Å²) in [6.45, 7) is 65.7. The van der Waals surface area contributed by atoms with Crippen molar-refractivity contribution in [2.24, 2.45) is 5.92 Å². The molecular weight excluding hydrogens is 975 g/mol. The predicted molar refractivity (Wildman–Crippen MR) is 327 cm³/mol. The zero-order valence-electron chi connectivity index (χ0n) is 53.1. The van der Waals surface area contributed by atoms with Crippen LogP contribution in [0.4, 0.5) is 0 Å². The van der Waals surface area contributed by atoms with Gasteiger partial charge in [-0.3, -0.25) is 0 Å². The van der Waals surface area contributed by atoms with Crippen LogP contribution < -0.4 is 0 Å². The van der Waals surface area contributed by atoms with Crippen molar-refractivity contribution in [3.8, 4) is 0 Å². The van der Waals surface area contributed by atoms with Crippen molar-refractivity contribution < 1.29 is 28.6 Å². The minimum absolute atomic E-state index is 0.0125. The SMILES string of the molecule is Cc1cc(C(C)(C)C)c(C2C(COP(O)O)CCC(COP(O)O)(c3c(C(C)(C)C)cc(C)cc3C(C)(C)C)C2(c2c(C(C)(C)C)cc(C)cc2C(C)(C)C)c2c(C(C)(C)C)cc(C)cc2C(C)(C)C)c(C(C)(C)C)c1. The highest BCUT2D eigenvalue weighted by atomic mass is 31.2. The van der Waals surface area contributed by atoms with Crippen molar-refractivity contribution in [3.63, 3.8) is 0 Å². The molecule has 1 aliphatic rings. The molecule has 0 saturated heterocycles. The molecule has 6 nitrogen and oxygen atoms in total. The third-order valence-corrected chi connectivity index (χ3v) is 17.4. The van der Waals surface area contributed by atoms with Gasteiger partial charge >= 0.3 is 17.2 Å². The Kier molecular flexibility index (Phi) is 18.1. The second-order valence-electron chi connectivity index (χ2n) is 31.7. The third-order valence-electron chi connectivity index (χ3n) is 16.7. The first-order valence-corrected chi connectivity index (χ1v) is 30.6. The van der Waals surface area contributed by atoms with Crippen molar-refractivity contribution in [1.82, 2.24) is 0 Å². The Morgan fingerprint density at radius 1 is 0.395 bits per heavy atom. The summed E-state index contributed by atoms with van der Waals surface area (Å²) < 4.78 is 13.4. The van der Waals surface area contributed by atoms with E-state index in [1.807, 2.05) is 0 Å². The topological polar surface area (TPSA) is 99.4 Å². The van der Waals surface area contributed by atoms with Crippen molar-refractivity contribution >= 4 is 17.2 Å². The summed E-state index contributed by atoms with van der Waals surface area (Å²) in [5.41, 5.74) is 13.9. The van der Waals surface area contributed by atoms with E-state index in [0.717, 1.165) is 0 Å². The molecule has 76 heavy (non-hydrogen) atoms. The molecule has 0 amide bonds. The van der Waals surface area contributed by atoms with Crippen LogP contribution in [0.2, 0.25) is 0 Å². The Morgan fingerprint density at radius 2 is 0.645 bits per heavy atom. The van der Waals surface area contributed by atoms with Gasteiger partial charge < -0.3 is 28.6 Å². The second-order valence-corrected chi connectivity index (χ2v) is 33.2. The van der Waals surface area contributed by atoms with Gasteiger partial charge in [-0.25, -0.2) is 0 Å². The molecule has 4 aromatic rings. The van der Waals surface area contributed by atoms with Gasteiger partial charge in [0.25, 0.3) is 0 Å². The van der Waals surface area contributed by atoms with Gasteiger partial charge in [0.15, 0.2) is 0 Å². The van der Waals surface area contributed by atoms with Gasteiger partial charge in [-0.15, -0.1) is 0 Å². The van der Waals surface area contributed by atoms with E-state index in [1.165, 1.54) is 89.0 Å². The minimum atomic E-state index is -2.88. The van der Waals surface area contributed by atoms with Crippen LogP contribution in [0.5, 0.6) is 0 Å².